The molecule has 0 aliphatic heterocycles. The Labute approximate surface area is 120 Å². The van der Waals surface area contributed by atoms with Crippen LogP contribution in [0, 0.1) is 0 Å². The zero-order valence-corrected chi connectivity index (χ0v) is 11.9. The molecule has 1 aromatic heterocycles. The van der Waals surface area contributed by atoms with Crippen molar-refractivity contribution >= 4 is 34.5 Å². The molecule has 1 aromatic carbocycles. The van der Waals surface area contributed by atoms with Gasteiger partial charge in [-0.3, -0.25) is 0 Å². The average molecular weight is 296 g/mol. The van der Waals surface area contributed by atoms with E-state index in [1.165, 1.54) is 5.56 Å². The molecule has 6 heteroatoms. The summed E-state index contributed by atoms with van der Waals surface area (Å²) in [5, 5.41) is 16.6. The van der Waals surface area contributed by atoms with Crippen molar-refractivity contribution in [1.82, 2.24) is 0 Å². The Hall–Kier alpha value is -1.72. The summed E-state index contributed by atoms with van der Waals surface area (Å²) in [7, 11) is 1.94. The first-order chi connectivity index (χ1) is 9.11. The number of hydrogen-bond acceptors (Lipinski definition) is 4. The molecule has 1 heterocycles. The van der Waals surface area contributed by atoms with Crippen molar-refractivity contribution in [3.63, 3.8) is 0 Å². The second-order valence-electron chi connectivity index (χ2n) is 4.13. The molecule has 0 atom stereocenters. The van der Waals surface area contributed by atoms with Crippen molar-refractivity contribution < 1.29 is 5.21 Å². The predicted molar refractivity (Wildman–Crippen MR) is 80.4 cm³/mol. The van der Waals surface area contributed by atoms with Crippen LogP contribution in [0.5, 0.6) is 0 Å². The van der Waals surface area contributed by atoms with Gasteiger partial charge in [-0.25, -0.2) is 0 Å². The summed E-state index contributed by atoms with van der Waals surface area (Å²) in [6, 6.07) is 7.34. The molecule has 2 rings (SSSR count). The van der Waals surface area contributed by atoms with Gasteiger partial charge in [-0.15, -0.1) is 0 Å². The summed E-state index contributed by atoms with van der Waals surface area (Å²) in [5.74, 6) is 0.0730. The molecule has 0 radical (unpaired) electrons. The maximum Gasteiger partial charge on any atom is 0.172 e. The molecule has 0 spiro atoms. The topological polar surface area (TPSA) is 61.8 Å². The van der Waals surface area contributed by atoms with Gasteiger partial charge in [0.2, 0.25) is 0 Å². The summed E-state index contributed by atoms with van der Waals surface area (Å²) >= 11 is 7.68. The van der Waals surface area contributed by atoms with Crippen LogP contribution in [0.1, 0.15) is 11.1 Å². The van der Waals surface area contributed by atoms with Gasteiger partial charge in [0.25, 0.3) is 0 Å². The van der Waals surface area contributed by atoms with E-state index in [0.717, 1.165) is 12.2 Å². The SMILES string of the molecule is CN(Cc1ccsc1)c1cc(Cl)ccc1C(N)=NO. The van der Waals surface area contributed by atoms with Gasteiger partial charge in [-0.2, -0.15) is 11.3 Å². The molecule has 4 nitrogen and oxygen atoms in total. The van der Waals surface area contributed by atoms with Crippen molar-refractivity contribution in [1.29, 1.82) is 0 Å². The molecule has 0 fully saturated rings. The lowest BCUT2D eigenvalue weighted by atomic mass is 10.1. The minimum atomic E-state index is 0.0730. The zero-order valence-electron chi connectivity index (χ0n) is 10.4. The molecule has 100 valence electrons. The van der Waals surface area contributed by atoms with Crippen molar-refractivity contribution in [2.75, 3.05) is 11.9 Å². The van der Waals surface area contributed by atoms with Crippen LogP contribution in [-0.2, 0) is 6.54 Å². The standard InChI is InChI=1S/C13H14ClN3OS/c1-17(7-9-4-5-19-8-9)12-6-10(14)2-3-11(12)13(15)16-18/h2-6,8,18H,7H2,1H3,(H2,15,16). The number of nitrogens with zero attached hydrogens (tertiary/aromatic N) is 2. The van der Waals surface area contributed by atoms with Gasteiger partial charge in [0, 0.05) is 29.9 Å². The number of rotatable bonds is 4. The normalized spacial score (nSPS) is 11.6. The van der Waals surface area contributed by atoms with E-state index in [0.29, 0.717) is 10.6 Å². The van der Waals surface area contributed by atoms with E-state index in [2.05, 4.69) is 16.6 Å². The zero-order chi connectivity index (χ0) is 13.8. The second kappa shape index (κ2) is 5.95. The Balaban J connectivity index is 2.34. The third-order valence-electron chi connectivity index (χ3n) is 2.75. The van der Waals surface area contributed by atoms with E-state index >= 15 is 0 Å². The Morgan fingerprint density at radius 3 is 2.89 bits per heavy atom. The number of thiophene rings is 1. The number of halogens is 1. The molecule has 0 saturated heterocycles. The minimum absolute atomic E-state index is 0.0730. The van der Waals surface area contributed by atoms with Crippen LogP contribution in [0.3, 0.4) is 0 Å². The lowest BCUT2D eigenvalue weighted by Gasteiger charge is -2.22. The molecular formula is C13H14ClN3OS. The monoisotopic (exact) mass is 295 g/mol. The van der Waals surface area contributed by atoms with Gasteiger partial charge in [0.15, 0.2) is 5.84 Å². The van der Waals surface area contributed by atoms with Gasteiger partial charge in [0.1, 0.15) is 0 Å². The fraction of sp³-hybridized carbons (Fsp3) is 0.154. The number of amidine groups is 1. The first-order valence-corrected chi connectivity index (χ1v) is 6.93. The summed E-state index contributed by atoms with van der Waals surface area (Å²) in [6.07, 6.45) is 0. The number of benzene rings is 1. The van der Waals surface area contributed by atoms with Gasteiger partial charge in [-0.05, 0) is 40.6 Å². The maximum atomic E-state index is 8.83. The first kappa shape index (κ1) is 13.7. The van der Waals surface area contributed by atoms with Gasteiger partial charge in [0.05, 0.1) is 0 Å². The van der Waals surface area contributed by atoms with Crippen LogP contribution >= 0.6 is 22.9 Å². The summed E-state index contributed by atoms with van der Waals surface area (Å²) in [6.45, 7) is 0.732. The van der Waals surface area contributed by atoms with Gasteiger partial charge in [-0.1, -0.05) is 16.8 Å². The smallest absolute Gasteiger partial charge is 0.172 e. The molecule has 3 N–H and O–H groups in total. The third-order valence-corrected chi connectivity index (χ3v) is 3.72. The predicted octanol–water partition coefficient (Wildman–Crippen LogP) is 3.13. The number of anilines is 1. The molecule has 0 amide bonds. The highest BCUT2D eigenvalue weighted by atomic mass is 35.5. The van der Waals surface area contributed by atoms with Crippen LogP contribution in [0.4, 0.5) is 5.69 Å². The highest BCUT2D eigenvalue weighted by molar-refractivity contribution is 7.07. The fourth-order valence-corrected chi connectivity index (χ4v) is 2.66. The Morgan fingerprint density at radius 1 is 1.47 bits per heavy atom. The lowest BCUT2D eigenvalue weighted by Crippen LogP contribution is -2.22. The van der Waals surface area contributed by atoms with E-state index in [1.54, 1.807) is 29.5 Å². The summed E-state index contributed by atoms with van der Waals surface area (Å²) in [5.41, 5.74) is 8.38. The van der Waals surface area contributed by atoms with E-state index in [-0.39, 0.29) is 5.84 Å². The van der Waals surface area contributed by atoms with Crippen LogP contribution in [-0.4, -0.2) is 18.1 Å². The van der Waals surface area contributed by atoms with Crippen LogP contribution < -0.4 is 10.6 Å². The third kappa shape index (κ3) is 3.19. The van der Waals surface area contributed by atoms with Crippen LogP contribution in [0.25, 0.3) is 0 Å². The largest absolute Gasteiger partial charge is 0.409 e. The van der Waals surface area contributed by atoms with Crippen molar-refractivity contribution in [2.24, 2.45) is 10.9 Å². The van der Waals surface area contributed by atoms with E-state index in [1.807, 2.05) is 17.3 Å². The first-order valence-electron chi connectivity index (χ1n) is 5.61. The van der Waals surface area contributed by atoms with Gasteiger partial charge >= 0.3 is 0 Å². The molecular weight excluding hydrogens is 282 g/mol. The van der Waals surface area contributed by atoms with E-state index in [4.69, 9.17) is 22.5 Å². The lowest BCUT2D eigenvalue weighted by molar-refractivity contribution is 0.318. The van der Waals surface area contributed by atoms with Gasteiger partial charge < -0.3 is 15.8 Å². The molecule has 0 saturated carbocycles. The molecule has 0 aliphatic rings. The highest BCUT2D eigenvalue weighted by Gasteiger charge is 2.12. The summed E-state index contributed by atoms with van der Waals surface area (Å²) < 4.78 is 0. The van der Waals surface area contributed by atoms with Crippen molar-refractivity contribution in [2.45, 2.75) is 6.54 Å². The second-order valence-corrected chi connectivity index (χ2v) is 5.35. The quantitative estimate of drug-likeness (QED) is 0.394. The van der Waals surface area contributed by atoms with Crippen LogP contribution in [0.2, 0.25) is 5.02 Å². The van der Waals surface area contributed by atoms with E-state index < -0.39 is 0 Å². The Bertz CT molecular complexity index is 584. The average Bonchev–Trinajstić information content (AvgIpc) is 2.90. The van der Waals surface area contributed by atoms with E-state index in [9.17, 15) is 0 Å². The number of nitrogens with two attached hydrogens (primary N) is 1. The maximum absolute atomic E-state index is 8.83. The fourth-order valence-electron chi connectivity index (χ4n) is 1.83. The highest BCUT2D eigenvalue weighted by Crippen LogP contribution is 2.25. The van der Waals surface area contributed by atoms with Crippen LogP contribution in [0.15, 0.2) is 40.2 Å². The number of oxime groups is 1. The summed E-state index contributed by atoms with van der Waals surface area (Å²) in [4.78, 5) is 2.02. The Kier molecular flexibility index (Phi) is 4.29. The minimum Gasteiger partial charge on any atom is -0.409 e. The molecule has 0 aliphatic carbocycles. The Morgan fingerprint density at radius 2 is 2.26 bits per heavy atom. The molecule has 19 heavy (non-hydrogen) atoms. The van der Waals surface area contributed by atoms with Crippen molar-refractivity contribution in [3.05, 3.63) is 51.2 Å². The molecule has 0 bridgehead atoms. The molecule has 0 unspecified atom stereocenters. The number of hydrogen-bond donors (Lipinski definition) is 2. The van der Waals surface area contributed by atoms with Crippen molar-refractivity contribution in [3.8, 4) is 0 Å². The molecule has 2 aromatic rings.